The fraction of sp³-hybridized carbons (Fsp3) is 0.400. The standard InChI is InChI=1S/C10H15FN2O2/c1-15-10-3-2-7(4-9(10)11)13-6-8(14)5-12/h2-4,8,13-14H,5-6,12H2,1H3. The fourth-order valence-electron chi connectivity index (χ4n) is 1.10. The summed E-state index contributed by atoms with van der Waals surface area (Å²) in [5.41, 5.74) is 5.81. The van der Waals surface area contributed by atoms with Gasteiger partial charge in [0.1, 0.15) is 0 Å². The van der Waals surface area contributed by atoms with Gasteiger partial charge in [-0.2, -0.15) is 0 Å². The van der Waals surface area contributed by atoms with Gasteiger partial charge in [0.15, 0.2) is 11.6 Å². The van der Waals surface area contributed by atoms with Crippen LogP contribution in [0.5, 0.6) is 5.75 Å². The molecule has 1 rings (SSSR count). The molecule has 4 N–H and O–H groups in total. The van der Waals surface area contributed by atoms with Gasteiger partial charge < -0.3 is 20.9 Å². The van der Waals surface area contributed by atoms with E-state index in [0.29, 0.717) is 12.2 Å². The van der Waals surface area contributed by atoms with Gasteiger partial charge in [-0.15, -0.1) is 0 Å². The molecule has 0 saturated heterocycles. The molecule has 84 valence electrons. The fourth-order valence-corrected chi connectivity index (χ4v) is 1.10. The summed E-state index contributed by atoms with van der Waals surface area (Å²) in [5.74, 6) is -0.246. The number of halogens is 1. The van der Waals surface area contributed by atoms with E-state index in [2.05, 4.69) is 5.32 Å². The Hall–Kier alpha value is -1.33. The molecule has 0 aliphatic carbocycles. The largest absolute Gasteiger partial charge is 0.494 e. The van der Waals surface area contributed by atoms with E-state index >= 15 is 0 Å². The number of anilines is 1. The van der Waals surface area contributed by atoms with E-state index in [1.165, 1.54) is 19.2 Å². The maximum atomic E-state index is 13.2. The normalized spacial score (nSPS) is 12.3. The summed E-state index contributed by atoms with van der Waals surface area (Å²) >= 11 is 0. The van der Waals surface area contributed by atoms with Gasteiger partial charge in [0.25, 0.3) is 0 Å². The number of aliphatic hydroxyl groups is 1. The summed E-state index contributed by atoms with van der Waals surface area (Å²) < 4.78 is 18.0. The smallest absolute Gasteiger partial charge is 0.167 e. The van der Waals surface area contributed by atoms with Crippen molar-refractivity contribution in [3.05, 3.63) is 24.0 Å². The highest BCUT2D eigenvalue weighted by atomic mass is 19.1. The van der Waals surface area contributed by atoms with Crippen molar-refractivity contribution in [1.82, 2.24) is 0 Å². The lowest BCUT2D eigenvalue weighted by atomic mass is 10.2. The molecule has 0 amide bonds. The molecule has 0 spiro atoms. The van der Waals surface area contributed by atoms with Crippen molar-refractivity contribution in [3.8, 4) is 5.75 Å². The summed E-state index contributed by atoms with van der Waals surface area (Å²) in [5, 5.41) is 12.0. The summed E-state index contributed by atoms with van der Waals surface area (Å²) in [6.45, 7) is 0.466. The second-order valence-electron chi connectivity index (χ2n) is 3.12. The lowest BCUT2D eigenvalue weighted by Crippen LogP contribution is -2.27. The lowest BCUT2D eigenvalue weighted by Gasteiger charge is -2.11. The number of nitrogens with one attached hydrogen (secondary N) is 1. The van der Waals surface area contributed by atoms with E-state index in [4.69, 9.17) is 10.5 Å². The minimum Gasteiger partial charge on any atom is -0.494 e. The topological polar surface area (TPSA) is 67.5 Å². The molecule has 0 fully saturated rings. The van der Waals surface area contributed by atoms with Crippen molar-refractivity contribution in [2.45, 2.75) is 6.10 Å². The number of hydrogen-bond acceptors (Lipinski definition) is 4. The van der Waals surface area contributed by atoms with Crippen LogP contribution in [0.15, 0.2) is 18.2 Å². The highest BCUT2D eigenvalue weighted by Crippen LogP contribution is 2.20. The zero-order valence-corrected chi connectivity index (χ0v) is 8.53. The Labute approximate surface area is 87.9 Å². The van der Waals surface area contributed by atoms with E-state index in [0.717, 1.165) is 0 Å². The summed E-state index contributed by atoms with van der Waals surface area (Å²) in [7, 11) is 1.41. The first kappa shape index (κ1) is 11.7. The van der Waals surface area contributed by atoms with Gasteiger partial charge in [-0.05, 0) is 12.1 Å². The Bertz CT molecular complexity index is 320. The quantitative estimate of drug-likeness (QED) is 0.670. The highest BCUT2D eigenvalue weighted by Gasteiger charge is 2.04. The third-order valence-corrected chi connectivity index (χ3v) is 1.97. The summed E-state index contributed by atoms with van der Waals surface area (Å²) in [6.07, 6.45) is -0.629. The lowest BCUT2D eigenvalue weighted by molar-refractivity contribution is 0.196. The van der Waals surface area contributed by atoms with Gasteiger partial charge in [0, 0.05) is 24.8 Å². The third kappa shape index (κ3) is 3.38. The zero-order chi connectivity index (χ0) is 11.3. The molecule has 15 heavy (non-hydrogen) atoms. The predicted octanol–water partition coefficient (Wildman–Crippen LogP) is 0.566. The van der Waals surface area contributed by atoms with Crippen LogP contribution in [-0.2, 0) is 0 Å². The second kappa shape index (κ2) is 5.53. The molecule has 5 heteroatoms. The molecule has 0 aliphatic heterocycles. The van der Waals surface area contributed by atoms with Crippen LogP contribution in [0.1, 0.15) is 0 Å². The van der Waals surface area contributed by atoms with Crippen LogP contribution in [0.25, 0.3) is 0 Å². The van der Waals surface area contributed by atoms with Crippen molar-refractivity contribution in [3.63, 3.8) is 0 Å². The minimum atomic E-state index is -0.629. The number of nitrogens with two attached hydrogens (primary N) is 1. The minimum absolute atomic E-state index is 0.172. The number of rotatable bonds is 5. The van der Waals surface area contributed by atoms with E-state index in [1.807, 2.05) is 0 Å². The van der Waals surface area contributed by atoms with Gasteiger partial charge in [0.05, 0.1) is 13.2 Å². The summed E-state index contributed by atoms with van der Waals surface area (Å²) in [6, 6.07) is 4.50. The Morgan fingerprint density at radius 2 is 2.33 bits per heavy atom. The molecule has 0 aromatic heterocycles. The van der Waals surface area contributed by atoms with Gasteiger partial charge >= 0.3 is 0 Å². The Morgan fingerprint density at radius 3 is 2.87 bits per heavy atom. The third-order valence-electron chi connectivity index (χ3n) is 1.97. The molecule has 0 bridgehead atoms. The molecule has 1 atom stereocenters. The average Bonchev–Trinajstić information content (AvgIpc) is 2.26. The van der Waals surface area contributed by atoms with Gasteiger partial charge in [-0.3, -0.25) is 0 Å². The van der Waals surface area contributed by atoms with Crippen LogP contribution in [0.3, 0.4) is 0 Å². The van der Waals surface area contributed by atoms with Gasteiger partial charge in [-0.25, -0.2) is 4.39 Å². The van der Waals surface area contributed by atoms with Crippen molar-refractivity contribution in [2.75, 3.05) is 25.5 Å². The van der Waals surface area contributed by atoms with E-state index in [-0.39, 0.29) is 12.3 Å². The molecule has 0 aliphatic rings. The van der Waals surface area contributed by atoms with E-state index < -0.39 is 11.9 Å². The maximum absolute atomic E-state index is 13.2. The first-order valence-electron chi connectivity index (χ1n) is 4.63. The van der Waals surface area contributed by atoms with Crippen molar-refractivity contribution in [2.24, 2.45) is 5.73 Å². The molecule has 0 saturated carbocycles. The van der Waals surface area contributed by atoms with E-state index in [9.17, 15) is 9.50 Å². The number of hydrogen-bond donors (Lipinski definition) is 3. The van der Waals surface area contributed by atoms with Crippen LogP contribution >= 0.6 is 0 Å². The van der Waals surface area contributed by atoms with Crippen molar-refractivity contribution >= 4 is 5.69 Å². The Kier molecular flexibility index (Phi) is 4.33. The first-order chi connectivity index (χ1) is 7.17. The predicted molar refractivity (Wildman–Crippen MR) is 56.5 cm³/mol. The molecule has 0 radical (unpaired) electrons. The molecular formula is C10H15FN2O2. The second-order valence-corrected chi connectivity index (χ2v) is 3.12. The van der Waals surface area contributed by atoms with Crippen molar-refractivity contribution in [1.29, 1.82) is 0 Å². The molecular weight excluding hydrogens is 199 g/mol. The molecule has 0 heterocycles. The monoisotopic (exact) mass is 214 g/mol. The highest BCUT2D eigenvalue weighted by molar-refractivity contribution is 5.47. The molecule has 1 aromatic carbocycles. The average molecular weight is 214 g/mol. The Balaban J connectivity index is 2.59. The van der Waals surface area contributed by atoms with Crippen LogP contribution < -0.4 is 15.8 Å². The first-order valence-corrected chi connectivity index (χ1v) is 4.63. The maximum Gasteiger partial charge on any atom is 0.167 e. The SMILES string of the molecule is COc1ccc(NCC(O)CN)cc1F. The van der Waals surface area contributed by atoms with Crippen molar-refractivity contribution < 1.29 is 14.2 Å². The zero-order valence-electron chi connectivity index (χ0n) is 8.53. The molecule has 1 aromatic rings. The van der Waals surface area contributed by atoms with Crippen LogP contribution in [0.4, 0.5) is 10.1 Å². The number of methoxy groups -OCH3 is 1. The number of ether oxygens (including phenoxy) is 1. The summed E-state index contributed by atoms with van der Waals surface area (Å²) in [4.78, 5) is 0. The molecule has 4 nitrogen and oxygen atoms in total. The van der Waals surface area contributed by atoms with Crippen LogP contribution in [-0.4, -0.2) is 31.4 Å². The van der Waals surface area contributed by atoms with Crippen LogP contribution in [0, 0.1) is 5.82 Å². The van der Waals surface area contributed by atoms with Gasteiger partial charge in [-0.1, -0.05) is 0 Å². The number of benzene rings is 1. The number of aliphatic hydroxyl groups excluding tert-OH is 1. The van der Waals surface area contributed by atoms with Crippen LogP contribution in [0.2, 0.25) is 0 Å². The van der Waals surface area contributed by atoms with Gasteiger partial charge in [0.2, 0.25) is 0 Å². The molecule has 1 unspecified atom stereocenters. The van der Waals surface area contributed by atoms with E-state index in [1.54, 1.807) is 6.07 Å². The Morgan fingerprint density at radius 1 is 1.60 bits per heavy atom.